The van der Waals surface area contributed by atoms with Crippen LogP contribution in [0.15, 0.2) is 82.5 Å². The SMILES string of the molecule is CC(C)c1cccc(NC(=NCc2ccncc2)NC(=O)c2cccc(Br)c2)c1. The van der Waals surface area contributed by atoms with Gasteiger partial charge in [0, 0.05) is 28.1 Å². The average molecular weight is 451 g/mol. The highest BCUT2D eigenvalue weighted by atomic mass is 79.9. The molecule has 148 valence electrons. The largest absolute Gasteiger partial charge is 0.326 e. The summed E-state index contributed by atoms with van der Waals surface area (Å²) in [5.41, 5.74) is 3.64. The van der Waals surface area contributed by atoms with Crippen molar-refractivity contribution in [1.29, 1.82) is 0 Å². The third kappa shape index (κ3) is 6.26. The van der Waals surface area contributed by atoms with Crippen LogP contribution in [0.1, 0.15) is 41.3 Å². The summed E-state index contributed by atoms with van der Waals surface area (Å²) in [5.74, 6) is 0.574. The predicted molar refractivity (Wildman–Crippen MR) is 121 cm³/mol. The molecule has 29 heavy (non-hydrogen) atoms. The summed E-state index contributed by atoms with van der Waals surface area (Å²) in [4.78, 5) is 21.3. The van der Waals surface area contributed by atoms with E-state index in [-0.39, 0.29) is 5.91 Å². The fourth-order valence-electron chi connectivity index (χ4n) is 2.69. The number of guanidine groups is 1. The van der Waals surface area contributed by atoms with Crippen molar-refractivity contribution in [3.63, 3.8) is 0 Å². The molecule has 3 rings (SSSR count). The molecule has 2 aromatic carbocycles. The Bertz CT molecular complexity index is 1000. The summed E-state index contributed by atoms with van der Waals surface area (Å²) >= 11 is 3.40. The number of hydrogen-bond acceptors (Lipinski definition) is 3. The van der Waals surface area contributed by atoms with Crippen LogP contribution >= 0.6 is 15.9 Å². The molecular formula is C23H23BrN4O. The predicted octanol–water partition coefficient (Wildman–Crippen LogP) is 5.37. The molecule has 2 N–H and O–H groups in total. The van der Waals surface area contributed by atoms with Crippen molar-refractivity contribution in [3.05, 3.63) is 94.2 Å². The van der Waals surface area contributed by atoms with Gasteiger partial charge in [-0.25, -0.2) is 4.99 Å². The molecule has 0 saturated carbocycles. The molecule has 0 saturated heterocycles. The van der Waals surface area contributed by atoms with Crippen LogP contribution in [0, 0.1) is 0 Å². The summed E-state index contributed by atoms with van der Waals surface area (Å²) < 4.78 is 0.845. The summed E-state index contributed by atoms with van der Waals surface area (Å²) in [6, 6.07) is 19.1. The van der Waals surface area contributed by atoms with Crippen LogP contribution in [0.3, 0.4) is 0 Å². The molecule has 0 aliphatic heterocycles. The lowest BCUT2D eigenvalue weighted by atomic mass is 10.0. The Morgan fingerprint density at radius 2 is 1.83 bits per heavy atom. The van der Waals surface area contributed by atoms with Crippen LogP contribution in [0.4, 0.5) is 5.69 Å². The van der Waals surface area contributed by atoms with Gasteiger partial charge in [0.2, 0.25) is 5.96 Å². The number of benzene rings is 2. The van der Waals surface area contributed by atoms with Gasteiger partial charge in [0.05, 0.1) is 6.54 Å². The van der Waals surface area contributed by atoms with Crippen molar-refractivity contribution >= 4 is 33.5 Å². The minimum Gasteiger partial charge on any atom is -0.326 e. The molecule has 0 fully saturated rings. The molecule has 5 nitrogen and oxygen atoms in total. The summed E-state index contributed by atoms with van der Waals surface area (Å²) in [6.07, 6.45) is 3.45. The number of halogens is 1. The number of carbonyl (C=O) groups is 1. The number of nitrogens with one attached hydrogen (secondary N) is 2. The monoisotopic (exact) mass is 450 g/mol. The molecular weight excluding hydrogens is 428 g/mol. The molecule has 0 atom stereocenters. The van der Waals surface area contributed by atoms with E-state index in [1.807, 2.05) is 36.4 Å². The number of aliphatic imine (C=N–C) groups is 1. The Morgan fingerprint density at radius 1 is 1.07 bits per heavy atom. The first kappa shape index (κ1) is 20.7. The molecule has 0 radical (unpaired) electrons. The first-order chi connectivity index (χ1) is 14.0. The highest BCUT2D eigenvalue weighted by Crippen LogP contribution is 2.18. The molecule has 3 aromatic rings. The Hall–Kier alpha value is -2.99. The Balaban J connectivity index is 1.83. The number of carbonyl (C=O) groups excluding carboxylic acids is 1. The Kier molecular flexibility index (Phi) is 7.14. The first-order valence-electron chi connectivity index (χ1n) is 9.38. The van der Waals surface area contributed by atoms with Gasteiger partial charge in [-0.2, -0.15) is 0 Å². The molecule has 1 aromatic heterocycles. The van der Waals surface area contributed by atoms with E-state index in [1.54, 1.807) is 24.5 Å². The second-order valence-corrected chi connectivity index (χ2v) is 7.81. The van der Waals surface area contributed by atoms with Crippen LogP contribution < -0.4 is 10.6 Å². The van der Waals surface area contributed by atoms with Crippen molar-refractivity contribution < 1.29 is 4.79 Å². The summed E-state index contributed by atoms with van der Waals surface area (Å²) in [5, 5.41) is 6.14. The molecule has 0 spiro atoms. The van der Waals surface area contributed by atoms with Gasteiger partial charge in [-0.15, -0.1) is 0 Å². The number of rotatable bonds is 5. The van der Waals surface area contributed by atoms with Crippen molar-refractivity contribution in [2.24, 2.45) is 4.99 Å². The first-order valence-corrected chi connectivity index (χ1v) is 10.2. The van der Waals surface area contributed by atoms with Gasteiger partial charge in [-0.1, -0.05) is 48.0 Å². The fraction of sp³-hybridized carbons (Fsp3) is 0.174. The lowest BCUT2D eigenvalue weighted by Gasteiger charge is -2.14. The van der Waals surface area contributed by atoms with E-state index >= 15 is 0 Å². The number of anilines is 1. The molecule has 0 bridgehead atoms. The van der Waals surface area contributed by atoms with Crippen LogP contribution in [0.5, 0.6) is 0 Å². The maximum Gasteiger partial charge on any atom is 0.257 e. The van der Waals surface area contributed by atoms with Crippen LogP contribution in [0.25, 0.3) is 0 Å². The third-order valence-corrected chi connectivity index (χ3v) is 4.80. The Morgan fingerprint density at radius 3 is 2.55 bits per heavy atom. The van der Waals surface area contributed by atoms with Gasteiger partial charge in [-0.05, 0) is 59.5 Å². The lowest BCUT2D eigenvalue weighted by molar-refractivity contribution is 0.0977. The fourth-order valence-corrected chi connectivity index (χ4v) is 3.09. The quantitative estimate of drug-likeness (QED) is 0.405. The standard InChI is InChI=1S/C23H23BrN4O/c1-16(2)18-5-4-8-21(14-18)27-23(26-15-17-9-11-25-12-10-17)28-22(29)19-6-3-7-20(24)13-19/h3-14,16H,15H2,1-2H3,(H2,26,27,28,29). The van der Waals surface area contributed by atoms with E-state index in [0.29, 0.717) is 24.0 Å². The summed E-state index contributed by atoms with van der Waals surface area (Å²) in [6.45, 7) is 4.71. The lowest BCUT2D eigenvalue weighted by Crippen LogP contribution is -2.36. The van der Waals surface area contributed by atoms with Crippen molar-refractivity contribution in [2.45, 2.75) is 26.3 Å². The third-order valence-electron chi connectivity index (χ3n) is 4.30. The van der Waals surface area contributed by atoms with E-state index in [1.165, 1.54) is 5.56 Å². The normalized spacial score (nSPS) is 11.4. The maximum atomic E-state index is 12.7. The van der Waals surface area contributed by atoms with E-state index in [2.05, 4.69) is 62.5 Å². The van der Waals surface area contributed by atoms with Crippen LogP contribution in [-0.2, 0) is 6.54 Å². The van der Waals surface area contributed by atoms with E-state index < -0.39 is 0 Å². The number of pyridine rings is 1. The van der Waals surface area contributed by atoms with E-state index in [0.717, 1.165) is 15.7 Å². The minimum absolute atomic E-state index is 0.229. The van der Waals surface area contributed by atoms with E-state index in [4.69, 9.17) is 0 Å². The molecule has 0 unspecified atom stereocenters. The van der Waals surface area contributed by atoms with Crippen molar-refractivity contribution in [1.82, 2.24) is 10.3 Å². The summed E-state index contributed by atoms with van der Waals surface area (Å²) in [7, 11) is 0. The topological polar surface area (TPSA) is 66.4 Å². The van der Waals surface area contributed by atoms with Gasteiger partial charge >= 0.3 is 0 Å². The molecule has 1 amide bonds. The molecule has 1 heterocycles. The molecule has 0 aliphatic carbocycles. The minimum atomic E-state index is -0.229. The van der Waals surface area contributed by atoms with Crippen LogP contribution in [0.2, 0.25) is 0 Å². The van der Waals surface area contributed by atoms with Gasteiger partial charge in [0.15, 0.2) is 0 Å². The van der Waals surface area contributed by atoms with Gasteiger partial charge in [-0.3, -0.25) is 15.1 Å². The second-order valence-electron chi connectivity index (χ2n) is 6.89. The zero-order chi connectivity index (χ0) is 20.6. The maximum absolute atomic E-state index is 12.7. The average Bonchev–Trinajstić information content (AvgIpc) is 2.73. The molecule has 6 heteroatoms. The number of amides is 1. The highest BCUT2D eigenvalue weighted by molar-refractivity contribution is 9.10. The van der Waals surface area contributed by atoms with Crippen molar-refractivity contribution in [2.75, 3.05) is 5.32 Å². The Labute approximate surface area is 179 Å². The van der Waals surface area contributed by atoms with Gasteiger partial charge in [0.25, 0.3) is 5.91 Å². The number of hydrogen-bond donors (Lipinski definition) is 2. The van der Waals surface area contributed by atoms with Crippen molar-refractivity contribution in [3.8, 4) is 0 Å². The number of aromatic nitrogens is 1. The molecule has 0 aliphatic rings. The van der Waals surface area contributed by atoms with Gasteiger partial charge in [0.1, 0.15) is 0 Å². The zero-order valence-corrected chi connectivity index (χ0v) is 18.0. The smallest absolute Gasteiger partial charge is 0.257 e. The van der Waals surface area contributed by atoms with Crippen LogP contribution in [-0.4, -0.2) is 16.9 Å². The second kappa shape index (κ2) is 9.98. The zero-order valence-electron chi connectivity index (χ0n) is 16.4. The number of nitrogens with zero attached hydrogens (tertiary/aromatic N) is 2. The van der Waals surface area contributed by atoms with E-state index in [9.17, 15) is 4.79 Å². The van der Waals surface area contributed by atoms with Gasteiger partial charge < -0.3 is 5.32 Å². The highest BCUT2D eigenvalue weighted by Gasteiger charge is 2.10.